The lowest BCUT2D eigenvalue weighted by Crippen LogP contribution is -2.79. The summed E-state index contributed by atoms with van der Waals surface area (Å²) in [6, 6.07) is 0. The first-order chi connectivity index (χ1) is 29.8. The SMILES string of the molecule is OCCOCCOCCOCCOCCOCCOCCOCCC(F)(F)C(F)(F)C(F)(F)C(F)(F)C(F)(F)C(F)(F)C(F)(F)C(F)(F)C(F)(F)C(F)(F)C(F)(F)C(F)(F)C(F)(F)C(F)(F)F. The molecule has 0 aromatic heterocycles. The summed E-state index contributed by atoms with van der Waals surface area (Å²) in [5, 5.41) is 8.52. The molecule has 0 aromatic rings. The van der Waals surface area contributed by atoms with Gasteiger partial charge in [-0.3, -0.25) is 0 Å². The molecule has 404 valence electrons. The average molecular weight is 1070 g/mol. The zero-order valence-electron chi connectivity index (χ0n) is 32.6. The molecule has 0 unspecified atom stereocenters. The van der Waals surface area contributed by atoms with Crippen molar-refractivity contribution in [1.29, 1.82) is 0 Å². The topological polar surface area (TPSA) is 84.8 Å². The van der Waals surface area contributed by atoms with Crippen LogP contribution in [0.15, 0.2) is 0 Å². The maximum absolute atomic E-state index is 14.1. The van der Waals surface area contributed by atoms with Gasteiger partial charge in [-0.05, 0) is 0 Å². The monoisotopic (exact) mass is 1070 g/mol. The Bertz CT molecular complexity index is 1480. The van der Waals surface area contributed by atoms with Crippen LogP contribution in [-0.4, -0.2) is 187 Å². The molecule has 0 aliphatic rings. The Labute approximate surface area is 355 Å². The number of ether oxygens (including phenoxy) is 7. The highest BCUT2D eigenvalue weighted by atomic mass is 19.4. The van der Waals surface area contributed by atoms with Crippen LogP contribution < -0.4 is 0 Å². The minimum absolute atomic E-state index is 0.000161. The lowest BCUT2D eigenvalue weighted by molar-refractivity contribution is -0.487. The Kier molecular flexibility index (Phi) is 22.0. The Balaban J connectivity index is 5.65. The van der Waals surface area contributed by atoms with Gasteiger partial charge < -0.3 is 38.3 Å². The molecule has 0 aliphatic carbocycles. The van der Waals surface area contributed by atoms with Crippen molar-refractivity contribution in [3.63, 3.8) is 0 Å². The van der Waals surface area contributed by atoms with Gasteiger partial charge in [-0.15, -0.1) is 0 Å². The number of aliphatic hydroxyl groups excluding tert-OH is 1. The fourth-order valence-corrected chi connectivity index (χ4v) is 4.22. The normalized spacial score (nSPS) is 15.5. The molecule has 0 aromatic carbocycles. The molecule has 0 amide bonds. The summed E-state index contributed by atoms with van der Waals surface area (Å²) in [5.41, 5.74) is 0. The van der Waals surface area contributed by atoms with Crippen molar-refractivity contribution in [2.75, 3.05) is 99.1 Å². The highest BCUT2D eigenvalue weighted by Crippen LogP contribution is 2.69. The molecule has 0 heterocycles. The Morgan fingerprint density at radius 1 is 0.209 bits per heavy atom. The van der Waals surface area contributed by atoms with Crippen molar-refractivity contribution in [2.24, 2.45) is 0 Å². The molecular formula is C30H33F29O8. The van der Waals surface area contributed by atoms with Crippen molar-refractivity contribution in [2.45, 2.75) is 89.6 Å². The third-order valence-corrected chi connectivity index (χ3v) is 8.18. The van der Waals surface area contributed by atoms with E-state index in [-0.39, 0.29) is 79.3 Å². The highest BCUT2D eigenvalue weighted by molar-refractivity contribution is 5.21. The molecule has 0 fully saturated rings. The first-order valence-electron chi connectivity index (χ1n) is 17.4. The van der Waals surface area contributed by atoms with Crippen LogP contribution in [0.1, 0.15) is 6.42 Å². The first-order valence-corrected chi connectivity index (χ1v) is 17.4. The second-order valence-electron chi connectivity index (χ2n) is 12.9. The average Bonchev–Trinajstić information content (AvgIpc) is 3.18. The van der Waals surface area contributed by atoms with Gasteiger partial charge in [0.2, 0.25) is 0 Å². The number of hydrogen-bond acceptors (Lipinski definition) is 8. The lowest BCUT2D eigenvalue weighted by atomic mass is 9.83. The fourth-order valence-electron chi connectivity index (χ4n) is 4.22. The summed E-state index contributed by atoms with van der Waals surface area (Å²) in [5.74, 6) is -121. The highest BCUT2D eigenvalue weighted by Gasteiger charge is 3.00. The molecule has 1 N–H and O–H groups in total. The lowest BCUT2D eigenvalue weighted by Gasteiger charge is -2.46. The van der Waals surface area contributed by atoms with E-state index in [2.05, 4.69) is 4.74 Å². The standard InChI is InChI=1S/C30H33F29O8/c31-17(32,1-3-61-5-7-63-9-11-65-13-15-67-16-14-66-12-10-64-8-6-62-4-2-60)18(33,34)19(35,36)20(37,38)21(39,40)22(41,42)23(43,44)24(45,46)25(47,48)26(49,50)27(51,52)28(53,54)29(55,56)30(57,58)59/h60H,1-16H2. The van der Waals surface area contributed by atoms with E-state index in [1.54, 1.807) is 0 Å². The molecule has 8 nitrogen and oxygen atoms in total. The Hall–Kier alpha value is -2.35. The molecule has 0 saturated heterocycles. The third kappa shape index (κ3) is 12.4. The molecular weight excluding hydrogens is 1040 g/mol. The zero-order chi connectivity index (χ0) is 53.3. The van der Waals surface area contributed by atoms with Crippen LogP contribution in [0.4, 0.5) is 127 Å². The minimum Gasteiger partial charge on any atom is -0.394 e. The molecule has 0 atom stereocenters. The minimum atomic E-state index is -9.96. The number of alkyl halides is 29. The summed E-state index contributed by atoms with van der Waals surface area (Å²) in [4.78, 5) is 0. The number of aliphatic hydroxyl groups is 1. The quantitative estimate of drug-likeness (QED) is 0.0497. The summed E-state index contributed by atoms with van der Waals surface area (Å²) in [6.07, 6.45) is -11.4. The van der Waals surface area contributed by atoms with Gasteiger partial charge in [-0.2, -0.15) is 127 Å². The van der Waals surface area contributed by atoms with Gasteiger partial charge in [0.25, 0.3) is 0 Å². The molecule has 0 rings (SSSR count). The molecule has 37 heteroatoms. The third-order valence-electron chi connectivity index (χ3n) is 8.18. The van der Waals surface area contributed by atoms with Crippen molar-refractivity contribution in [1.82, 2.24) is 0 Å². The van der Waals surface area contributed by atoms with Gasteiger partial charge in [-0.1, -0.05) is 0 Å². The number of hydrogen-bond donors (Lipinski definition) is 1. The maximum Gasteiger partial charge on any atom is 0.460 e. The van der Waals surface area contributed by atoms with Crippen LogP contribution >= 0.6 is 0 Å². The van der Waals surface area contributed by atoms with Crippen molar-refractivity contribution < 1.29 is 166 Å². The van der Waals surface area contributed by atoms with Crippen LogP contribution in [-0.2, 0) is 33.2 Å². The van der Waals surface area contributed by atoms with Gasteiger partial charge in [-0.25, -0.2) is 0 Å². The van der Waals surface area contributed by atoms with Gasteiger partial charge >= 0.3 is 83.2 Å². The van der Waals surface area contributed by atoms with Crippen molar-refractivity contribution in [3.8, 4) is 0 Å². The van der Waals surface area contributed by atoms with Crippen LogP contribution in [0.5, 0.6) is 0 Å². The molecule has 0 spiro atoms. The zero-order valence-corrected chi connectivity index (χ0v) is 32.6. The van der Waals surface area contributed by atoms with Crippen LogP contribution in [0, 0.1) is 0 Å². The predicted molar refractivity (Wildman–Crippen MR) is 158 cm³/mol. The molecule has 0 aliphatic heterocycles. The van der Waals surface area contributed by atoms with Crippen molar-refractivity contribution >= 4 is 0 Å². The van der Waals surface area contributed by atoms with E-state index in [9.17, 15) is 127 Å². The van der Waals surface area contributed by atoms with Gasteiger partial charge in [0.1, 0.15) is 0 Å². The summed E-state index contributed by atoms with van der Waals surface area (Å²) >= 11 is 0. The van der Waals surface area contributed by atoms with E-state index in [4.69, 9.17) is 33.5 Å². The maximum atomic E-state index is 14.1. The molecule has 0 radical (unpaired) electrons. The van der Waals surface area contributed by atoms with Gasteiger partial charge in [0, 0.05) is 6.42 Å². The van der Waals surface area contributed by atoms with E-state index in [1.807, 2.05) is 0 Å². The Morgan fingerprint density at radius 2 is 0.373 bits per heavy atom. The molecule has 0 bridgehead atoms. The predicted octanol–water partition coefficient (Wildman–Crippen LogP) is 9.31. The Morgan fingerprint density at radius 3 is 0.567 bits per heavy atom. The summed E-state index contributed by atoms with van der Waals surface area (Å²) < 4.78 is 431. The van der Waals surface area contributed by atoms with E-state index in [0.29, 0.717) is 0 Å². The second kappa shape index (κ2) is 22.8. The number of rotatable bonds is 35. The number of halogens is 29. The van der Waals surface area contributed by atoms with Crippen LogP contribution in [0.25, 0.3) is 0 Å². The van der Waals surface area contributed by atoms with E-state index in [0.717, 1.165) is 0 Å². The van der Waals surface area contributed by atoms with E-state index >= 15 is 0 Å². The molecule has 0 saturated carbocycles. The smallest absolute Gasteiger partial charge is 0.394 e. The summed E-state index contributed by atoms with van der Waals surface area (Å²) in [7, 11) is 0. The van der Waals surface area contributed by atoms with Crippen LogP contribution in [0.3, 0.4) is 0 Å². The first kappa shape index (κ1) is 64.7. The van der Waals surface area contributed by atoms with Crippen molar-refractivity contribution in [3.05, 3.63) is 0 Å². The van der Waals surface area contributed by atoms with Crippen LogP contribution in [0.2, 0.25) is 0 Å². The largest absolute Gasteiger partial charge is 0.460 e. The fraction of sp³-hybridized carbons (Fsp3) is 1.00. The second-order valence-corrected chi connectivity index (χ2v) is 12.9. The van der Waals surface area contributed by atoms with E-state index in [1.165, 1.54) is 0 Å². The van der Waals surface area contributed by atoms with E-state index < -0.39 is 109 Å². The van der Waals surface area contributed by atoms with Gasteiger partial charge in [0.15, 0.2) is 0 Å². The molecule has 67 heavy (non-hydrogen) atoms. The summed E-state index contributed by atoms with van der Waals surface area (Å²) in [6.45, 7) is -3.29. The van der Waals surface area contributed by atoms with Gasteiger partial charge in [0.05, 0.1) is 99.1 Å².